The Kier molecular flexibility index (Phi) is 1.83. The lowest BCUT2D eigenvalue weighted by atomic mass is 10.2. The lowest BCUT2D eigenvalue weighted by molar-refractivity contribution is -0.114. The number of rotatable bonds is 1. The molecule has 3 heteroatoms. The van der Waals surface area contributed by atoms with E-state index >= 15 is 0 Å². The van der Waals surface area contributed by atoms with Crippen molar-refractivity contribution in [2.45, 2.75) is 0 Å². The van der Waals surface area contributed by atoms with Crippen LogP contribution >= 0.6 is 0 Å². The van der Waals surface area contributed by atoms with Crippen LogP contribution in [0.25, 0.3) is 0 Å². The first kappa shape index (κ1) is 6.52. The molecule has 0 unspecified atom stereocenters. The molecule has 0 fully saturated rings. The van der Waals surface area contributed by atoms with Crippen molar-refractivity contribution in [1.29, 1.82) is 0 Å². The molecule has 0 aromatic carbocycles. The topological polar surface area (TPSA) is 57.2 Å². The number of nitrogens with two attached hydrogens (primary N) is 1. The Balaban J connectivity index is 2.92. The third-order valence-corrected chi connectivity index (χ3v) is 1.07. The Bertz CT molecular complexity index is 267. The average Bonchev–Trinajstić information content (AvgIpc) is 2.12. The maximum Gasteiger partial charge on any atom is 0.293 e. The van der Waals surface area contributed by atoms with Crippen LogP contribution in [0.2, 0.25) is 0 Å². The van der Waals surface area contributed by atoms with Gasteiger partial charge in [0.15, 0.2) is 0 Å². The number of amides is 1. The van der Waals surface area contributed by atoms with Crippen LogP contribution in [-0.2, 0) is 4.79 Å². The van der Waals surface area contributed by atoms with Crippen molar-refractivity contribution in [2.24, 2.45) is 5.73 Å². The maximum atomic E-state index is 10.5. The fourth-order valence-electron chi connectivity index (χ4n) is 0.589. The van der Waals surface area contributed by atoms with Gasteiger partial charge in [-0.2, -0.15) is 0 Å². The van der Waals surface area contributed by atoms with Crippen molar-refractivity contribution < 1.29 is 4.79 Å². The summed E-state index contributed by atoms with van der Waals surface area (Å²) in [6.45, 7) is 0. The maximum absolute atomic E-state index is 10.5. The van der Waals surface area contributed by atoms with E-state index in [1.807, 2.05) is 0 Å². The molecular formula is C7H7N2O+. The molecule has 1 aliphatic heterocycles. The Morgan fingerprint density at radius 3 is 3.00 bits per heavy atom. The summed E-state index contributed by atoms with van der Waals surface area (Å²) in [5.74, 6) is -0.432. The van der Waals surface area contributed by atoms with E-state index in [-0.39, 0.29) is 0 Å². The summed E-state index contributed by atoms with van der Waals surface area (Å²) in [6.07, 6.45) is 7.98. The highest BCUT2D eigenvalue weighted by molar-refractivity contribution is 6.00. The number of hydrogen-bond donors (Lipinski definition) is 1. The fourth-order valence-corrected chi connectivity index (χ4v) is 0.589. The lowest BCUT2D eigenvalue weighted by Crippen LogP contribution is -2.12. The van der Waals surface area contributed by atoms with Gasteiger partial charge in [-0.05, 0) is 6.08 Å². The lowest BCUT2D eigenvalue weighted by Gasteiger charge is -1.86. The molecule has 1 rings (SSSR count). The van der Waals surface area contributed by atoms with Crippen molar-refractivity contribution >= 4 is 18.3 Å². The number of nitrogens with zero attached hydrogens (tertiary/aromatic N) is 1. The quantitative estimate of drug-likeness (QED) is 0.469. The molecule has 1 amide bonds. The minimum Gasteiger partial charge on any atom is -0.366 e. The predicted octanol–water partition coefficient (Wildman–Crippen LogP) is -0.823. The zero-order chi connectivity index (χ0) is 7.40. The number of carbonyl (C=O) groups is 1. The number of allylic oxidation sites excluding steroid dienone is 2. The Hall–Kier alpha value is -1.60. The van der Waals surface area contributed by atoms with Crippen LogP contribution in [0.15, 0.2) is 23.8 Å². The molecule has 0 aromatic rings. The zero-order valence-electron chi connectivity index (χ0n) is 5.32. The molecule has 0 saturated heterocycles. The highest BCUT2D eigenvalue weighted by Crippen LogP contribution is 1.93. The second kappa shape index (κ2) is 2.80. The van der Waals surface area contributed by atoms with Crippen LogP contribution in [0.1, 0.15) is 0 Å². The smallest absolute Gasteiger partial charge is 0.293 e. The molecule has 0 aliphatic carbocycles. The molecule has 0 saturated carbocycles. The summed E-state index contributed by atoms with van der Waals surface area (Å²) in [7, 11) is 0. The summed E-state index contributed by atoms with van der Waals surface area (Å²) >= 11 is 0. The van der Waals surface area contributed by atoms with E-state index in [9.17, 15) is 4.79 Å². The molecule has 2 N–H and O–H groups in total. The highest BCUT2D eigenvalue weighted by atomic mass is 16.1. The third kappa shape index (κ3) is 1.44. The van der Waals surface area contributed by atoms with Crippen LogP contribution in [0, 0.1) is 0 Å². The SMILES string of the molecule is NC(=O)C1=CC=[N+]=CC=C1. The second-order valence-corrected chi connectivity index (χ2v) is 1.79. The average molecular weight is 135 g/mol. The molecule has 0 spiro atoms. The Morgan fingerprint density at radius 2 is 2.30 bits per heavy atom. The van der Waals surface area contributed by atoms with Crippen LogP contribution in [0.4, 0.5) is 0 Å². The van der Waals surface area contributed by atoms with Crippen molar-refractivity contribution in [1.82, 2.24) is 4.67 Å². The van der Waals surface area contributed by atoms with Gasteiger partial charge in [0, 0.05) is 17.7 Å². The second-order valence-electron chi connectivity index (χ2n) is 1.79. The molecule has 50 valence electrons. The molecular weight excluding hydrogens is 128 g/mol. The molecule has 3 nitrogen and oxygen atoms in total. The van der Waals surface area contributed by atoms with Crippen molar-refractivity contribution in [3.8, 4) is 0 Å². The monoisotopic (exact) mass is 135 g/mol. The fraction of sp³-hybridized carbons (Fsp3) is 0. The molecule has 10 heavy (non-hydrogen) atoms. The first-order chi connectivity index (χ1) is 4.80. The van der Waals surface area contributed by atoms with Gasteiger partial charge in [-0.1, -0.05) is 0 Å². The predicted molar refractivity (Wildman–Crippen MR) is 40.7 cm³/mol. The van der Waals surface area contributed by atoms with Gasteiger partial charge in [0.05, 0.1) is 0 Å². The van der Waals surface area contributed by atoms with Crippen molar-refractivity contribution in [3.05, 3.63) is 23.8 Å². The van der Waals surface area contributed by atoms with E-state index in [0.717, 1.165) is 0 Å². The van der Waals surface area contributed by atoms with Gasteiger partial charge in [-0.3, -0.25) is 4.79 Å². The minimum atomic E-state index is -0.432. The summed E-state index contributed by atoms with van der Waals surface area (Å²) in [6, 6.07) is 0. The van der Waals surface area contributed by atoms with Gasteiger partial charge < -0.3 is 5.73 Å². The molecule has 0 radical (unpaired) electrons. The van der Waals surface area contributed by atoms with Gasteiger partial charge >= 0.3 is 0 Å². The largest absolute Gasteiger partial charge is 0.366 e. The van der Waals surface area contributed by atoms with E-state index in [2.05, 4.69) is 4.67 Å². The summed E-state index contributed by atoms with van der Waals surface area (Å²) in [4.78, 5) is 10.5. The standard InChI is InChI=1S/C7H6N2O/c8-7(10)6-2-1-4-9-5-3-6/h1-5H,(H-,8,10)/p+1. The normalized spacial score (nSPS) is 14.6. The van der Waals surface area contributed by atoms with Crippen molar-refractivity contribution in [2.75, 3.05) is 0 Å². The van der Waals surface area contributed by atoms with Crippen LogP contribution in [-0.4, -0.2) is 18.3 Å². The zero-order valence-corrected chi connectivity index (χ0v) is 5.32. The van der Waals surface area contributed by atoms with Gasteiger partial charge in [0.25, 0.3) is 12.4 Å². The van der Waals surface area contributed by atoms with Gasteiger partial charge in [0.1, 0.15) is 0 Å². The third-order valence-electron chi connectivity index (χ3n) is 1.07. The van der Waals surface area contributed by atoms with E-state index < -0.39 is 5.91 Å². The molecule has 0 atom stereocenters. The molecule has 0 aromatic heterocycles. The number of carbonyl (C=O) groups excluding carboxylic acids is 1. The van der Waals surface area contributed by atoms with E-state index in [1.165, 1.54) is 6.21 Å². The van der Waals surface area contributed by atoms with Gasteiger partial charge in [-0.15, -0.1) is 4.67 Å². The van der Waals surface area contributed by atoms with E-state index in [1.54, 1.807) is 24.4 Å². The minimum absolute atomic E-state index is 0.432. The first-order valence-electron chi connectivity index (χ1n) is 2.84. The summed E-state index contributed by atoms with van der Waals surface area (Å²) < 4.78 is 3.78. The van der Waals surface area contributed by atoms with Gasteiger partial charge in [-0.25, -0.2) is 0 Å². The van der Waals surface area contributed by atoms with Crippen LogP contribution in [0.3, 0.4) is 0 Å². The summed E-state index contributed by atoms with van der Waals surface area (Å²) in [5.41, 5.74) is 5.47. The molecule has 1 heterocycles. The van der Waals surface area contributed by atoms with E-state index in [0.29, 0.717) is 5.57 Å². The first-order valence-corrected chi connectivity index (χ1v) is 2.84. The van der Waals surface area contributed by atoms with Crippen LogP contribution in [0.5, 0.6) is 0 Å². The molecule has 0 bridgehead atoms. The highest BCUT2D eigenvalue weighted by Gasteiger charge is 2.00. The van der Waals surface area contributed by atoms with Crippen molar-refractivity contribution in [3.63, 3.8) is 0 Å². The Labute approximate surface area is 58.3 Å². The number of primary amides is 1. The van der Waals surface area contributed by atoms with E-state index in [4.69, 9.17) is 5.73 Å². The molecule has 1 aliphatic rings. The number of hydrogen-bond acceptors (Lipinski definition) is 1. The Morgan fingerprint density at radius 1 is 1.50 bits per heavy atom. The van der Waals surface area contributed by atoms with Crippen LogP contribution < -0.4 is 10.4 Å². The van der Waals surface area contributed by atoms with Gasteiger partial charge in [0.2, 0.25) is 5.91 Å². The summed E-state index contributed by atoms with van der Waals surface area (Å²) in [5, 5.41) is 0.